The SMILES string of the molecule is CC(C)n1cnc2cc(-c3cnc4c(c3)N(C3CC(C)(N5CCCCCC5)C3)C(=O)C4(C)C)nc(Nc3cc(C(=O)NC4(C(F)F)CC4)c(Cl)c(F)c3F)c21. The summed E-state index contributed by atoms with van der Waals surface area (Å²) in [5, 5.41) is 4.30. The number of nitrogens with one attached hydrogen (secondary N) is 2. The number of halogens is 5. The highest BCUT2D eigenvalue weighted by atomic mass is 35.5. The van der Waals surface area contributed by atoms with Crippen LogP contribution in [0.2, 0.25) is 5.02 Å². The third kappa shape index (κ3) is 6.23. The Morgan fingerprint density at radius 1 is 0.982 bits per heavy atom. The van der Waals surface area contributed by atoms with Gasteiger partial charge < -0.3 is 20.1 Å². The first-order valence-corrected chi connectivity index (χ1v) is 19.4. The van der Waals surface area contributed by atoms with Crippen molar-refractivity contribution in [2.75, 3.05) is 23.3 Å². The van der Waals surface area contributed by atoms with Gasteiger partial charge in [-0.3, -0.25) is 19.5 Å². The maximum atomic E-state index is 15.6. The molecule has 2 aliphatic carbocycles. The van der Waals surface area contributed by atoms with Crippen LogP contribution in [0.15, 0.2) is 30.7 Å². The molecule has 0 spiro atoms. The molecule has 1 saturated heterocycles. The molecule has 0 atom stereocenters. The van der Waals surface area contributed by atoms with E-state index in [1.807, 2.05) is 43.2 Å². The molecular formula is C40H45ClF4N8O2. The van der Waals surface area contributed by atoms with Gasteiger partial charge in [-0.1, -0.05) is 24.4 Å². The monoisotopic (exact) mass is 780 g/mol. The molecule has 0 bridgehead atoms. The lowest BCUT2D eigenvalue weighted by atomic mass is 9.71. The molecule has 1 aromatic carbocycles. The van der Waals surface area contributed by atoms with Crippen molar-refractivity contribution in [3.63, 3.8) is 0 Å². The predicted molar refractivity (Wildman–Crippen MR) is 203 cm³/mol. The summed E-state index contributed by atoms with van der Waals surface area (Å²) in [6.07, 6.45) is 7.12. The quantitative estimate of drug-likeness (QED) is 0.129. The molecule has 55 heavy (non-hydrogen) atoms. The van der Waals surface area contributed by atoms with E-state index in [4.69, 9.17) is 21.6 Å². The summed E-state index contributed by atoms with van der Waals surface area (Å²) in [7, 11) is 0. The average Bonchev–Trinajstić information content (AvgIpc) is 3.83. The van der Waals surface area contributed by atoms with Crippen LogP contribution in [-0.4, -0.2) is 72.9 Å². The van der Waals surface area contributed by atoms with Crippen molar-refractivity contribution in [3.8, 4) is 11.3 Å². The zero-order valence-corrected chi connectivity index (χ0v) is 32.3. The molecule has 5 heterocycles. The maximum absolute atomic E-state index is 15.6. The van der Waals surface area contributed by atoms with Crippen LogP contribution < -0.4 is 15.5 Å². The number of pyridine rings is 2. The molecule has 3 fully saturated rings. The number of hydrogen-bond acceptors (Lipinski definition) is 7. The van der Waals surface area contributed by atoms with Crippen molar-refractivity contribution in [1.29, 1.82) is 0 Å². The molecule has 15 heteroatoms. The van der Waals surface area contributed by atoms with Gasteiger partial charge in [0.1, 0.15) is 11.1 Å². The molecule has 4 aromatic rings. The van der Waals surface area contributed by atoms with Crippen LogP contribution in [0.4, 0.5) is 34.8 Å². The van der Waals surface area contributed by atoms with Gasteiger partial charge in [-0.25, -0.2) is 27.5 Å². The minimum absolute atomic E-state index is 0.00209. The number of hydrogen-bond donors (Lipinski definition) is 2. The van der Waals surface area contributed by atoms with Gasteiger partial charge in [-0.15, -0.1) is 0 Å². The number of anilines is 3. The van der Waals surface area contributed by atoms with Gasteiger partial charge >= 0.3 is 0 Å². The Morgan fingerprint density at radius 3 is 2.31 bits per heavy atom. The molecule has 2 aliphatic heterocycles. The number of amides is 2. The van der Waals surface area contributed by atoms with E-state index < -0.39 is 51.2 Å². The average molecular weight is 781 g/mol. The fourth-order valence-electron chi connectivity index (χ4n) is 8.64. The van der Waals surface area contributed by atoms with Crippen LogP contribution in [-0.2, 0) is 10.2 Å². The minimum Gasteiger partial charge on any atom is -0.341 e. The smallest absolute Gasteiger partial charge is 0.261 e. The van der Waals surface area contributed by atoms with Crippen molar-refractivity contribution in [2.24, 2.45) is 0 Å². The predicted octanol–water partition coefficient (Wildman–Crippen LogP) is 8.70. The van der Waals surface area contributed by atoms with Crippen molar-refractivity contribution in [3.05, 3.63) is 58.6 Å². The maximum Gasteiger partial charge on any atom is 0.261 e. The Morgan fingerprint density at radius 2 is 1.67 bits per heavy atom. The number of benzene rings is 1. The number of nitrogens with zero attached hydrogens (tertiary/aromatic N) is 6. The normalized spacial score (nSPS) is 23.2. The number of carbonyl (C=O) groups excluding carboxylic acids is 2. The summed E-state index contributed by atoms with van der Waals surface area (Å²) >= 11 is 6.08. The molecule has 4 aliphatic rings. The van der Waals surface area contributed by atoms with Gasteiger partial charge in [0.25, 0.3) is 12.3 Å². The molecular weight excluding hydrogens is 736 g/mol. The Hall–Kier alpha value is -4.30. The Kier molecular flexibility index (Phi) is 9.18. The second-order valence-electron chi connectivity index (χ2n) is 16.8. The van der Waals surface area contributed by atoms with E-state index in [9.17, 15) is 18.4 Å². The first-order chi connectivity index (χ1) is 26.0. The van der Waals surface area contributed by atoms with E-state index in [1.165, 1.54) is 25.7 Å². The summed E-state index contributed by atoms with van der Waals surface area (Å²) in [5.74, 6) is -3.85. The lowest BCUT2D eigenvalue weighted by Crippen LogP contribution is -2.63. The van der Waals surface area contributed by atoms with Crippen molar-refractivity contribution in [2.45, 2.75) is 121 Å². The fraction of sp³-hybridized carbons (Fsp3) is 0.525. The van der Waals surface area contributed by atoms with E-state index in [0.717, 1.165) is 37.7 Å². The minimum atomic E-state index is -2.84. The van der Waals surface area contributed by atoms with Gasteiger partial charge in [0.15, 0.2) is 17.5 Å². The number of carbonyl (C=O) groups is 2. The number of rotatable bonds is 9. The highest BCUT2D eigenvalue weighted by Crippen LogP contribution is 2.50. The summed E-state index contributed by atoms with van der Waals surface area (Å²) in [5.41, 5.74) is -0.169. The van der Waals surface area contributed by atoms with Crippen LogP contribution >= 0.6 is 11.6 Å². The number of imidazole rings is 1. The van der Waals surface area contributed by atoms with E-state index in [1.54, 1.807) is 18.6 Å². The largest absolute Gasteiger partial charge is 0.341 e. The molecule has 292 valence electrons. The van der Waals surface area contributed by atoms with Gasteiger partial charge in [0.2, 0.25) is 5.91 Å². The van der Waals surface area contributed by atoms with E-state index in [0.29, 0.717) is 28.0 Å². The topological polar surface area (TPSA) is 108 Å². The molecule has 0 radical (unpaired) electrons. The number of fused-ring (bicyclic) bond motifs is 2. The fourth-order valence-corrected chi connectivity index (χ4v) is 8.86. The van der Waals surface area contributed by atoms with Crippen LogP contribution in [0.1, 0.15) is 108 Å². The highest BCUT2D eigenvalue weighted by Gasteiger charge is 2.55. The summed E-state index contributed by atoms with van der Waals surface area (Å²) in [6, 6.07) is 4.58. The molecule has 2 N–H and O–H groups in total. The van der Waals surface area contributed by atoms with E-state index in [2.05, 4.69) is 27.4 Å². The van der Waals surface area contributed by atoms with Crippen LogP contribution in [0.3, 0.4) is 0 Å². The summed E-state index contributed by atoms with van der Waals surface area (Å²) in [6.45, 7) is 12.1. The summed E-state index contributed by atoms with van der Waals surface area (Å²) < 4.78 is 60.0. The number of alkyl halides is 2. The first-order valence-electron chi connectivity index (χ1n) is 19.1. The summed E-state index contributed by atoms with van der Waals surface area (Å²) in [4.78, 5) is 46.0. The molecule has 3 aromatic heterocycles. The lowest BCUT2D eigenvalue weighted by Gasteiger charge is -2.54. The van der Waals surface area contributed by atoms with Crippen molar-refractivity contribution >= 4 is 51.6 Å². The van der Waals surface area contributed by atoms with Gasteiger partial charge in [-0.2, -0.15) is 0 Å². The third-order valence-corrected chi connectivity index (χ3v) is 12.5. The second kappa shape index (κ2) is 13.4. The highest BCUT2D eigenvalue weighted by molar-refractivity contribution is 6.34. The second-order valence-corrected chi connectivity index (χ2v) is 17.1. The lowest BCUT2D eigenvalue weighted by molar-refractivity contribution is -0.123. The first kappa shape index (κ1) is 37.6. The Bertz CT molecular complexity index is 2210. The van der Waals surface area contributed by atoms with E-state index in [-0.39, 0.29) is 42.2 Å². The molecule has 2 saturated carbocycles. The number of aromatic nitrogens is 4. The van der Waals surface area contributed by atoms with Gasteiger partial charge in [-0.05, 0) is 104 Å². The molecule has 0 unspecified atom stereocenters. The van der Waals surface area contributed by atoms with Crippen molar-refractivity contribution in [1.82, 2.24) is 29.7 Å². The van der Waals surface area contributed by atoms with E-state index >= 15 is 8.78 Å². The Labute approximate surface area is 322 Å². The molecule has 10 nitrogen and oxygen atoms in total. The third-order valence-electron chi connectivity index (χ3n) is 12.2. The Balaban J connectivity index is 1.16. The van der Waals surface area contributed by atoms with Crippen molar-refractivity contribution < 1.29 is 27.2 Å². The van der Waals surface area contributed by atoms with Crippen LogP contribution in [0.25, 0.3) is 22.3 Å². The number of likely N-dealkylation sites (tertiary alicyclic amines) is 1. The molecule has 8 rings (SSSR count). The van der Waals surface area contributed by atoms with Gasteiger partial charge in [0.05, 0.1) is 50.6 Å². The molecule has 2 amide bonds. The standard InChI is InChI=1S/C40H45ClF4N8O2/c1-21(2)52-20-47-27-16-25(48-34(32(27)52)49-26-15-24(29(41)31(43)30(26)42)35(54)50-40(10-11-40)36(44)45)22-14-28-33(46-19-22)38(3,4)37(55)53(28)23-17-39(5,18-23)51-12-8-6-7-9-13-51/h14-16,19-21,23,36H,6-13,17-18H2,1-5H3,(H,48,49)(H,50,54). The van der Waals surface area contributed by atoms with Crippen LogP contribution in [0, 0.1) is 11.6 Å². The van der Waals surface area contributed by atoms with Gasteiger partial charge in [0, 0.05) is 29.4 Å². The zero-order chi connectivity index (χ0) is 39.2. The van der Waals surface area contributed by atoms with Crippen LogP contribution in [0.5, 0.6) is 0 Å². The zero-order valence-electron chi connectivity index (χ0n) is 31.6.